The molecule has 0 bridgehead atoms. The Kier molecular flexibility index (Phi) is 7.86. The quantitative estimate of drug-likeness (QED) is 0.251. The monoisotopic (exact) mass is 171 g/mol. The van der Waals surface area contributed by atoms with Gasteiger partial charge in [-0.3, -0.25) is 0 Å². The lowest BCUT2D eigenvalue weighted by atomic mass is 10.1. The fourth-order valence-electron chi connectivity index (χ4n) is 0.846. The standard InChI is InChI=1S/C8H17N3O/c1-8(2)4-3-6-12-7-5-10-11-9/h8H,3-7H2,1-2H3. The minimum atomic E-state index is 0.443. The third-order valence-electron chi connectivity index (χ3n) is 1.47. The summed E-state index contributed by atoms with van der Waals surface area (Å²) in [5, 5.41) is 3.36. The van der Waals surface area contributed by atoms with Gasteiger partial charge < -0.3 is 4.74 Å². The van der Waals surface area contributed by atoms with Gasteiger partial charge in [-0.15, -0.1) is 0 Å². The van der Waals surface area contributed by atoms with Crippen LogP contribution in [-0.2, 0) is 4.74 Å². The number of hydrogen-bond donors (Lipinski definition) is 0. The van der Waals surface area contributed by atoms with E-state index in [1.54, 1.807) is 0 Å². The Morgan fingerprint density at radius 2 is 2.17 bits per heavy atom. The molecule has 0 N–H and O–H groups in total. The number of ether oxygens (including phenoxy) is 1. The summed E-state index contributed by atoms with van der Waals surface area (Å²) in [7, 11) is 0. The highest BCUT2D eigenvalue weighted by molar-refractivity contribution is 4.46. The first-order valence-electron chi connectivity index (χ1n) is 4.36. The lowest BCUT2D eigenvalue weighted by Crippen LogP contribution is -2.00. The summed E-state index contributed by atoms with van der Waals surface area (Å²) in [5.74, 6) is 0.741. The van der Waals surface area contributed by atoms with Gasteiger partial charge in [0, 0.05) is 18.1 Å². The zero-order chi connectivity index (χ0) is 9.23. The first-order chi connectivity index (χ1) is 5.77. The molecular formula is C8H17N3O. The van der Waals surface area contributed by atoms with Crippen molar-refractivity contribution in [1.82, 2.24) is 0 Å². The van der Waals surface area contributed by atoms with Crippen molar-refractivity contribution in [2.45, 2.75) is 26.7 Å². The minimum Gasteiger partial charge on any atom is -0.381 e. The lowest BCUT2D eigenvalue weighted by Gasteiger charge is -2.04. The van der Waals surface area contributed by atoms with E-state index in [-0.39, 0.29) is 0 Å². The molecule has 0 amide bonds. The van der Waals surface area contributed by atoms with Gasteiger partial charge in [-0.1, -0.05) is 19.0 Å². The van der Waals surface area contributed by atoms with Crippen LogP contribution < -0.4 is 0 Å². The molecule has 0 spiro atoms. The summed E-state index contributed by atoms with van der Waals surface area (Å²) in [6.45, 7) is 6.15. The Bertz CT molecular complexity index is 141. The summed E-state index contributed by atoms with van der Waals surface area (Å²) in [4.78, 5) is 2.63. The van der Waals surface area contributed by atoms with E-state index in [9.17, 15) is 0 Å². The van der Waals surface area contributed by atoms with Gasteiger partial charge in [0.15, 0.2) is 0 Å². The maximum atomic E-state index is 7.94. The van der Waals surface area contributed by atoms with Crippen LogP contribution in [0.5, 0.6) is 0 Å². The van der Waals surface area contributed by atoms with E-state index in [0.29, 0.717) is 13.2 Å². The van der Waals surface area contributed by atoms with Crippen molar-refractivity contribution in [3.05, 3.63) is 10.4 Å². The van der Waals surface area contributed by atoms with Crippen LogP contribution in [0.2, 0.25) is 0 Å². The average molecular weight is 171 g/mol. The lowest BCUT2D eigenvalue weighted by molar-refractivity contribution is 0.135. The van der Waals surface area contributed by atoms with E-state index in [1.807, 2.05) is 0 Å². The van der Waals surface area contributed by atoms with Gasteiger partial charge in [0.25, 0.3) is 0 Å². The van der Waals surface area contributed by atoms with Gasteiger partial charge in [0.2, 0.25) is 0 Å². The molecule has 0 aliphatic carbocycles. The Labute approximate surface area is 73.5 Å². The van der Waals surface area contributed by atoms with E-state index in [1.165, 1.54) is 6.42 Å². The SMILES string of the molecule is CC(C)CCCOCCN=[N+]=[N-]. The van der Waals surface area contributed by atoms with E-state index < -0.39 is 0 Å². The summed E-state index contributed by atoms with van der Waals surface area (Å²) in [5.41, 5.74) is 7.94. The maximum Gasteiger partial charge on any atom is 0.0522 e. The molecule has 0 unspecified atom stereocenters. The molecule has 0 saturated carbocycles. The second-order valence-electron chi connectivity index (χ2n) is 3.10. The first-order valence-corrected chi connectivity index (χ1v) is 4.36. The van der Waals surface area contributed by atoms with Gasteiger partial charge in [-0.25, -0.2) is 0 Å². The van der Waals surface area contributed by atoms with Crippen LogP contribution in [0, 0.1) is 5.92 Å². The number of rotatable bonds is 7. The summed E-state index contributed by atoms with van der Waals surface area (Å²) in [6, 6.07) is 0. The van der Waals surface area contributed by atoms with E-state index in [2.05, 4.69) is 23.9 Å². The highest BCUT2D eigenvalue weighted by Crippen LogP contribution is 2.02. The zero-order valence-electron chi connectivity index (χ0n) is 7.86. The molecule has 4 heteroatoms. The molecule has 4 nitrogen and oxygen atoms in total. The number of nitrogens with zero attached hydrogens (tertiary/aromatic N) is 3. The van der Waals surface area contributed by atoms with Crippen LogP contribution in [0.1, 0.15) is 26.7 Å². The fourth-order valence-corrected chi connectivity index (χ4v) is 0.846. The maximum absolute atomic E-state index is 7.94. The molecule has 0 saturated heterocycles. The summed E-state index contributed by atoms with van der Waals surface area (Å²) in [6.07, 6.45) is 2.29. The van der Waals surface area contributed by atoms with E-state index in [4.69, 9.17) is 10.3 Å². The average Bonchev–Trinajstić information content (AvgIpc) is 2.02. The molecule has 0 atom stereocenters. The number of hydrogen-bond acceptors (Lipinski definition) is 2. The highest BCUT2D eigenvalue weighted by Gasteiger charge is 1.93. The predicted octanol–water partition coefficient (Wildman–Crippen LogP) is 2.75. The topological polar surface area (TPSA) is 58.0 Å². The van der Waals surface area contributed by atoms with Crippen molar-refractivity contribution in [2.24, 2.45) is 11.0 Å². The molecule has 0 aromatic carbocycles. The van der Waals surface area contributed by atoms with Crippen LogP contribution in [-0.4, -0.2) is 19.8 Å². The van der Waals surface area contributed by atoms with Crippen LogP contribution >= 0.6 is 0 Å². The van der Waals surface area contributed by atoms with Gasteiger partial charge in [0.1, 0.15) is 0 Å². The van der Waals surface area contributed by atoms with Crippen LogP contribution in [0.3, 0.4) is 0 Å². The van der Waals surface area contributed by atoms with Gasteiger partial charge >= 0.3 is 0 Å². The molecular weight excluding hydrogens is 154 g/mol. The second-order valence-corrected chi connectivity index (χ2v) is 3.10. The smallest absolute Gasteiger partial charge is 0.0522 e. The molecule has 0 aromatic rings. The molecule has 0 aliphatic heterocycles. The van der Waals surface area contributed by atoms with Crippen LogP contribution in [0.25, 0.3) is 10.4 Å². The Morgan fingerprint density at radius 1 is 1.42 bits per heavy atom. The first kappa shape index (κ1) is 11.3. The minimum absolute atomic E-state index is 0.443. The van der Waals surface area contributed by atoms with Gasteiger partial charge in [-0.05, 0) is 24.3 Å². The molecule has 0 heterocycles. The summed E-state index contributed by atoms with van der Waals surface area (Å²) < 4.78 is 5.22. The van der Waals surface area contributed by atoms with Crippen molar-refractivity contribution < 1.29 is 4.74 Å². The highest BCUT2D eigenvalue weighted by atomic mass is 16.5. The van der Waals surface area contributed by atoms with Crippen molar-refractivity contribution in [1.29, 1.82) is 0 Å². The zero-order valence-corrected chi connectivity index (χ0v) is 7.86. The van der Waals surface area contributed by atoms with Crippen molar-refractivity contribution in [2.75, 3.05) is 19.8 Å². The second kappa shape index (κ2) is 8.37. The Balaban J connectivity index is 2.95. The molecule has 70 valence electrons. The van der Waals surface area contributed by atoms with Crippen molar-refractivity contribution in [3.63, 3.8) is 0 Å². The molecule has 0 aliphatic rings. The van der Waals surface area contributed by atoms with Crippen LogP contribution in [0.15, 0.2) is 5.11 Å². The van der Waals surface area contributed by atoms with Crippen LogP contribution in [0.4, 0.5) is 0 Å². The normalized spacial score (nSPS) is 9.92. The Morgan fingerprint density at radius 3 is 2.75 bits per heavy atom. The summed E-state index contributed by atoms with van der Waals surface area (Å²) >= 11 is 0. The molecule has 0 aromatic heterocycles. The predicted molar refractivity (Wildman–Crippen MR) is 48.9 cm³/mol. The molecule has 0 fully saturated rings. The fraction of sp³-hybridized carbons (Fsp3) is 1.00. The molecule has 0 radical (unpaired) electrons. The van der Waals surface area contributed by atoms with E-state index in [0.717, 1.165) is 18.9 Å². The Hall–Kier alpha value is -0.730. The van der Waals surface area contributed by atoms with Gasteiger partial charge in [-0.2, -0.15) is 0 Å². The molecule has 12 heavy (non-hydrogen) atoms. The third kappa shape index (κ3) is 9.27. The largest absolute Gasteiger partial charge is 0.381 e. The van der Waals surface area contributed by atoms with E-state index >= 15 is 0 Å². The molecule has 0 rings (SSSR count). The van der Waals surface area contributed by atoms with Gasteiger partial charge in [0.05, 0.1) is 6.61 Å². The number of azide groups is 1. The van der Waals surface area contributed by atoms with Crippen molar-refractivity contribution in [3.8, 4) is 0 Å². The third-order valence-corrected chi connectivity index (χ3v) is 1.47. The van der Waals surface area contributed by atoms with Crippen molar-refractivity contribution >= 4 is 0 Å².